The third kappa shape index (κ3) is 5.37. The minimum Gasteiger partial charge on any atom is -0.497 e. The van der Waals surface area contributed by atoms with Gasteiger partial charge < -0.3 is 15.0 Å². The number of carbonyl (C=O) groups is 2. The smallest absolute Gasteiger partial charge is 0.254 e. The molecule has 4 rings (SSSR count). The predicted molar refractivity (Wildman–Crippen MR) is 125 cm³/mol. The quantitative estimate of drug-likeness (QED) is 0.626. The molecule has 0 radical (unpaired) electrons. The van der Waals surface area contributed by atoms with Gasteiger partial charge in [0.05, 0.1) is 18.4 Å². The van der Waals surface area contributed by atoms with Gasteiger partial charge in [-0.05, 0) is 49.6 Å². The van der Waals surface area contributed by atoms with Crippen LogP contribution in [0.4, 0.5) is 0 Å². The number of hydrogen-bond acceptors (Lipinski definition) is 5. The maximum Gasteiger partial charge on any atom is 0.254 e. The van der Waals surface area contributed by atoms with Gasteiger partial charge in [0.15, 0.2) is 0 Å². The summed E-state index contributed by atoms with van der Waals surface area (Å²) in [4.78, 5) is 36.6. The Hall–Kier alpha value is -3.74. The number of piperidine rings is 1. The highest BCUT2D eigenvalue weighted by molar-refractivity contribution is 5.95. The van der Waals surface area contributed by atoms with Gasteiger partial charge in [0.25, 0.3) is 11.8 Å². The maximum atomic E-state index is 12.8. The third-order valence-electron chi connectivity index (χ3n) is 5.92. The van der Waals surface area contributed by atoms with Crippen LogP contribution in [0.1, 0.15) is 56.6 Å². The highest BCUT2D eigenvalue weighted by atomic mass is 16.5. The molecular formula is C26H28N4O3. The number of carbonyl (C=O) groups excluding carboxylic acids is 2. The van der Waals surface area contributed by atoms with Crippen LogP contribution in [0.15, 0.2) is 60.8 Å². The summed E-state index contributed by atoms with van der Waals surface area (Å²) in [7, 11) is 1.61. The molecule has 1 aliphatic rings. The fourth-order valence-corrected chi connectivity index (χ4v) is 4.10. The minimum absolute atomic E-state index is 0.0329. The second-order valence-electron chi connectivity index (χ2n) is 8.22. The minimum atomic E-state index is -0.216. The molecule has 2 heterocycles. The van der Waals surface area contributed by atoms with Crippen LogP contribution in [0.5, 0.6) is 5.75 Å². The topological polar surface area (TPSA) is 84.4 Å². The van der Waals surface area contributed by atoms with Crippen molar-refractivity contribution in [3.63, 3.8) is 0 Å². The van der Waals surface area contributed by atoms with E-state index in [2.05, 4.69) is 15.3 Å². The first kappa shape index (κ1) is 22.5. The Morgan fingerprint density at radius 2 is 1.97 bits per heavy atom. The molecule has 7 nitrogen and oxygen atoms in total. The van der Waals surface area contributed by atoms with Gasteiger partial charge in [-0.15, -0.1) is 0 Å². The summed E-state index contributed by atoms with van der Waals surface area (Å²) in [6.07, 6.45) is 3.41. The fraction of sp³-hybridized carbons (Fsp3) is 0.308. The summed E-state index contributed by atoms with van der Waals surface area (Å²) in [5.41, 5.74) is 2.73. The van der Waals surface area contributed by atoms with Crippen molar-refractivity contribution in [1.29, 1.82) is 0 Å². The monoisotopic (exact) mass is 444 g/mol. The summed E-state index contributed by atoms with van der Waals surface area (Å²) in [6, 6.07) is 16.9. The number of ether oxygens (including phenoxy) is 1. The number of nitrogens with zero attached hydrogens (tertiary/aromatic N) is 3. The predicted octanol–water partition coefficient (Wildman–Crippen LogP) is 3.74. The third-order valence-corrected chi connectivity index (χ3v) is 5.92. The Morgan fingerprint density at radius 1 is 1.15 bits per heavy atom. The highest BCUT2D eigenvalue weighted by Gasteiger charge is 2.27. The van der Waals surface area contributed by atoms with Crippen molar-refractivity contribution in [2.24, 2.45) is 0 Å². The van der Waals surface area contributed by atoms with Gasteiger partial charge in [-0.25, -0.2) is 9.97 Å². The fourth-order valence-electron chi connectivity index (χ4n) is 4.10. The maximum absolute atomic E-state index is 12.8. The van der Waals surface area contributed by atoms with Gasteiger partial charge in [0.1, 0.15) is 11.6 Å². The molecule has 33 heavy (non-hydrogen) atoms. The zero-order valence-corrected chi connectivity index (χ0v) is 19.0. The van der Waals surface area contributed by atoms with Crippen LogP contribution in [0.2, 0.25) is 0 Å². The van der Waals surface area contributed by atoms with Crippen LogP contribution >= 0.6 is 0 Å². The number of nitrogens with one attached hydrogen (secondary N) is 1. The van der Waals surface area contributed by atoms with Crippen LogP contribution in [0, 0.1) is 6.92 Å². The standard InChI is InChI=1S/C26H28N4O3/c1-18-23(25(31)28-15-19-8-6-12-22(14-19)33-2)16-27-24(29-18)21-11-7-13-30(17-21)26(32)20-9-4-3-5-10-20/h3-6,8-10,12,14,16,21H,7,11,13,15,17H2,1-2H3,(H,28,31). The molecule has 1 saturated heterocycles. The van der Waals surface area contributed by atoms with Gasteiger partial charge in [0.2, 0.25) is 0 Å². The molecule has 1 fully saturated rings. The van der Waals surface area contributed by atoms with Crippen molar-refractivity contribution in [3.05, 3.63) is 89.0 Å². The molecule has 3 aromatic rings. The van der Waals surface area contributed by atoms with E-state index in [1.165, 1.54) is 0 Å². The van der Waals surface area contributed by atoms with Crippen LogP contribution in [-0.2, 0) is 6.54 Å². The van der Waals surface area contributed by atoms with Gasteiger partial charge >= 0.3 is 0 Å². The molecule has 0 saturated carbocycles. The lowest BCUT2D eigenvalue weighted by Crippen LogP contribution is -2.39. The lowest BCUT2D eigenvalue weighted by molar-refractivity contribution is 0.0704. The summed E-state index contributed by atoms with van der Waals surface area (Å²) in [6.45, 7) is 3.51. The highest BCUT2D eigenvalue weighted by Crippen LogP contribution is 2.26. The van der Waals surface area contributed by atoms with E-state index in [1.807, 2.05) is 66.4 Å². The molecule has 1 N–H and O–H groups in total. The number of aryl methyl sites for hydroxylation is 1. The van der Waals surface area contributed by atoms with Gasteiger partial charge in [-0.2, -0.15) is 0 Å². The van der Waals surface area contributed by atoms with Crippen molar-refractivity contribution < 1.29 is 14.3 Å². The van der Waals surface area contributed by atoms with Crippen LogP contribution in [0.3, 0.4) is 0 Å². The molecule has 0 bridgehead atoms. The molecule has 2 amide bonds. The molecule has 0 aliphatic carbocycles. The number of likely N-dealkylation sites (tertiary alicyclic amines) is 1. The second-order valence-corrected chi connectivity index (χ2v) is 8.22. The second kappa shape index (κ2) is 10.3. The Morgan fingerprint density at radius 3 is 2.73 bits per heavy atom. The van der Waals surface area contributed by atoms with Crippen LogP contribution in [-0.4, -0.2) is 46.9 Å². The first-order valence-corrected chi connectivity index (χ1v) is 11.1. The van der Waals surface area contributed by atoms with Crippen molar-refractivity contribution >= 4 is 11.8 Å². The normalized spacial score (nSPS) is 15.7. The molecule has 170 valence electrons. The summed E-state index contributed by atoms with van der Waals surface area (Å²) in [5, 5.41) is 2.92. The van der Waals surface area contributed by atoms with Gasteiger partial charge in [-0.1, -0.05) is 30.3 Å². The first-order chi connectivity index (χ1) is 16.0. The van der Waals surface area contributed by atoms with E-state index in [1.54, 1.807) is 13.3 Å². The SMILES string of the molecule is COc1cccc(CNC(=O)c2cnc(C3CCCN(C(=O)c4ccccc4)C3)nc2C)c1. The van der Waals surface area contributed by atoms with E-state index in [0.717, 1.165) is 30.7 Å². The van der Waals surface area contributed by atoms with E-state index < -0.39 is 0 Å². The molecule has 2 aromatic carbocycles. The zero-order chi connectivity index (χ0) is 23.2. The van der Waals surface area contributed by atoms with Crippen molar-refractivity contribution in [2.75, 3.05) is 20.2 Å². The van der Waals surface area contributed by atoms with E-state index in [-0.39, 0.29) is 17.7 Å². The lowest BCUT2D eigenvalue weighted by atomic mass is 9.96. The number of amides is 2. The average Bonchev–Trinajstić information content (AvgIpc) is 2.87. The van der Waals surface area contributed by atoms with E-state index in [0.29, 0.717) is 35.7 Å². The van der Waals surface area contributed by atoms with Gasteiger partial charge in [0, 0.05) is 37.3 Å². The van der Waals surface area contributed by atoms with Crippen LogP contribution in [0.25, 0.3) is 0 Å². The summed E-state index contributed by atoms with van der Waals surface area (Å²) in [5.74, 6) is 1.30. The summed E-state index contributed by atoms with van der Waals surface area (Å²) < 4.78 is 5.23. The average molecular weight is 445 g/mol. The Balaban J connectivity index is 1.41. The number of hydrogen-bond donors (Lipinski definition) is 1. The Bertz CT molecular complexity index is 1130. The molecule has 1 aromatic heterocycles. The molecule has 1 unspecified atom stereocenters. The lowest BCUT2D eigenvalue weighted by Gasteiger charge is -2.32. The number of rotatable bonds is 6. The largest absolute Gasteiger partial charge is 0.497 e. The zero-order valence-electron chi connectivity index (χ0n) is 19.0. The molecule has 1 atom stereocenters. The Labute approximate surface area is 193 Å². The van der Waals surface area contributed by atoms with Gasteiger partial charge in [-0.3, -0.25) is 9.59 Å². The summed E-state index contributed by atoms with van der Waals surface area (Å²) >= 11 is 0. The first-order valence-electron chi connectivity index (χ1n) is 11.1. The number of benzene rings is 2. The molecule has 7 heteroatoms. The molecule has 1 aliphatic heterocycles. The van der Waals surface area contributed by atoms with Crippen molar-refractivity contribution in [2.45, 2.75) is 32.2 Å². The number of methoxy groups -OCH3 is 1. The molecular weight excluding hydrogens is 416 g/mol. The van der Waals surface area contributed by atoms with Crippen molar-refractivity contribution in [1.82, 2.24) is 20.2 Å². The number of aromatic nitrogens is 2. The van der Waals surface area contributed by atoms with E-state index in [4.69, 9.17) is 4.74 Å². The van der Waals surface area contributed by atoms with E-state index in [9.17, 15) is 9.59 Å². The van der Waals surface area contributed by atoms with E-state index >= 15 is 0 Å². The van der Waals surface area contributed by atoms with Crippen LogP contribution < -0.4 is 10.1 Å². The Kier molecular flexibility index (Phi) is 6.98. The molecule has 0 spiro atoms. The van der Waals surface area contributed by atoms with Crippen molar-refractivity contribution in [3.8, 4) is 5.75 Å².